The first-order chi connectivity index (χ1) is 48.7. The Morgan fingerprint density at radius 3 is 1.20 bits per heavy atom. The standard InChI is InChI=1S/C17H19N3O2.2C16H18N4O2.2C12H16N4O2/c1-4-19-16(14(11(2)3)15(21)18-17(19)22)20-10-9-12-7-5-6-8-13(12)20;1-4-19-15(13(10(2)3)14(21)18-16(19)22)20-9-17-11-7-5-6-8-12(11)20;1-4-19-15(13(10(2)3)14(21)18-16(19)22)20-12-8-6-5-7-11(12)9-17-20;1-4-16-11(15-6-5-13-7-15)9(8(2)3)10(17)14-12(16)18;1-4-15-11(16-7-5-6-13-16)9(8(2)3)10(17)14-12(15)18/h5-11H,4H2,1-3H3,(H,18,21,22);2*5-10H,4H2,1-3H3,(H,18,21,22);2*5-8H,4H2,1-3H3,(H,14,17,18). The third-order valence-electron chi connectivity index (χ3n) is 17.2. The summed E-state index contributed by atoms with van der Waals surface area (Å²) in [5, 5.41) is 10.6. The molecule has 534 valence electrons. The normalized spacial score (nSPS) is 11.3. The Morgan fingerprint density at radius 1 is 0.353 bits per heavy atom. The number of benzene rings is 3. The fourth-order valence-electron chi connectivity index (χ4n) is 12.5. The first kappa shape index (κ1) is 74.2. The molecule has 0 unspecified atom stereocenters. The minimum atomic E-state index is -0.411. The van der Waals surface area contributed by atoms with E-state index in [9.17, 15) is 47.9 Å². The van der Waals surface area contributed by atoms with E-state index >= 15 is 0 Å². The molecule has 13 aromatic rings. The first-order valence-corrected chi connectivity index (χ1v) is 34.0. The van der Waals surface area contributed by atoms with Gasteiger partial charge in [-0.25, -0.2) is 43.3 Å². The average molecular weight is 1390 g/mol. The highest BCUT2D eigenvalue weighted by Gasteiger charge is 2.25. The molecule has 0 radical (unpaired) electrons. The summed E-state index contributed by atoms with van der Waals surface area (Å²) in [4.78, 5) is 141. The van der Waals surface area contributed by atoms with Gasteiger partial charge in [-0.2, -0.15) is 10.2 Å². The van der Waals surface area contributed by atoms with Gasteiger partial charge in [0.05, 0.1) is 56.1 Å². The Hall–Kier alpha value is -12.0. The summed E-state index contributed by atoms with van der Waals surface area (Å²) < 4.78 is 16.5. The van der Waals surface area contributed by atoms with E-state index < -0.39 is 22.8 Å². The Balaban J connectivity index is 0.000000149. The summed E-state index contributed by atoms with van der Waals surface area (Å²) in [6.07, 6.45) is 13.6. The van der Waals surface area contributed by atoms with E-state index in [1.54, 1.807) is 81.9 Å². The van der Waals surface area contributed by atoms with Crippen molar-refractivity contribution < 1.29 is 0 Å². The largest absolute Gasteiger partial charge is 0.329 e. The fourth-order valence-corrected chi connectivity index (χ4v) is 12.5. The number of rotatable bonds is 15. The zero-order chi connectivity index (χ0) is 74.1. The predicted molar refractivity (Wildman–Crippen MR) is 396 cm³/mol. The second-order valence-electron chi connectivity index (χ2n) is 25.4. The molecule has 0 fully saturated rings. The lowest BCUT2D eigenvalue weighted by molar-refractivity contribution is 0.620. The minimum absolute atomic E-state index is 0.00588. The van der Waals surface area contributed by atoms with Gasteiger partial charge in [-0.05, 0) is 106 Å². The second-order valence-corrected chi connectivity index (χ2v) is 25.4. The number of aromatic amines is 5. The molecule has 0 atom stereocenters. The molecule has 0 amide bonds. The van der Waals surface area contributed by atoms with E-state index in [0.29, 0.717) is 89.6 Å². The molecule has 0 spiro atoms. The van der Waals surface area contributed by atoms with Crippen molar-refractivity contribution in [3.8, 4) is 29.1 Å². The maximum absolute atomic E-state index is 12.3. The van der Waals surface area contributed by atoms with E-state index in [1.807, 2.05) is 198 Å². The van der Waals surface area contributed by atoms with Gasteiger partial charge in [0.1, 0.15) is 41.7 Å². The Bertz CT molecular complexity index is 5280. The fraction of sp³-hybridized carbons (Fsp3) is 0.342. The van der Waals surface area contributed by atoms with Crippen molar-refractivity contribution in [1.82, 2.24) is 91.0 Å². The van der Waals surface area contributed by atoms with Crippen molar-refractivity contribution in [1.29, 1.82) is 0 Å². The summed E-state index contributed by atoms with van der Waals surface area (Å²) in [5.41, 5.74) is 2.85. The second kappa shape index (κ2) is 31.9. The lowest BCUT2D eigenvalue weighted by Gasteiger charge is -2.18. The van der Waals surface area contributed by atoms with Crippen LogP contribution >= 0.6 is 0 Å². The lowest BCUT2D eigenvalue weighted by Crippen LogP contribution is -2.36. The molecule has 5 N–H and O–H groups in total. The Morgan fingerprint density at radius 2 is 0.745 bits per heavy atom. The maximum atomic E-state index is 12.3. The molecule has 0 aliphatic rings. The molecule has 102 heavy (non-hydrogen) atoms. The van der Waals surface area contributed by atoms with Crippen LogP contribution in [0.3, 0.4) is 0 Å². The van der Waals surface area contributed by atoms with E-state index in [2.05, 4.69) is 45.1 Å². The van der Waals surface area contributed by atoms with Crippen LogP contribution in [-0.2, 0) is 32.7 Å². The smallest absolute Gasteiger partial charge is 0.302 e. The number of aromatic nitrogens is 19. The summed E-state index contributed by atoms with van der Waals surface area (Å²) in [5.74, 6) is 2.94. The van der Waals surface area contributed by atoms with Gasteiger partial charge < -0.3 is 4.57 Å². The van der Waals surface area contributed by atoms with Crippen LogP contribution in [0.5, 0.6) is 0 Å². The highest BCUT2D eigenvalue weighted by molar-refractivity contribution is 5.82. The number of nitrogens with one attached hydrogen (secondary N) is 5. The highest BCUT2D eigenvalue weighted by atomic mass is 16.2. The van der Waals surface area contributed by atoms with Crippen LogP contribution in [0.15, 0.2) is 183 Å². The molecule has 10 aromatic heterocycles. The summed E-state index contributed by atoms with van der Waals surface area (Å²) >= 11 is 0. The van der Waals surface area contributed by atoms with E-state index in [4.69, 9.17) is 0 Å². The molecule has 0 bridgehead atoms. The molecule has 0 saturated heterocycles. The number of para-hydroxylation sites is 4. The number of fused-ring (bicyclic) bond motifs is 3. The van der Waals surface area contributed by atoms with Crippen LogP contribution in [0.4, 0.5) is 0 Å². The Kier molecular flexibility index (Phi) is 23.2. The van der Waals surface area contributed by atoms with Gasteiger partial charge >= 0.3 is 28.4 Å². The molecule has 0 aliphatic carbocycles. The van der Waals surface area contributed by atoms with Gasteiger partial charge in [0.25, 0.3) is 27.8 Å². The van der Waals surface area contributed by atoms with Crippen molar-refractivity contribution in [3.05, 3.63) is 267 Å². The summed E-state index contributed by atoms with van der Waals surface area (Å²) in [6.45, 7) is 31.1. The SMILES string of the molecule is CCn1c(-n2ccc3ccccc32)c(C(C)C)c(=O)[nH]c1=O.CCn1c(-n2cccn2)c(C(C)C)c(=O)[nH]c1=O.CCn1c(-n2ccnc2)c(C(C)C)c(=O)[nH]c1=O.CCn1c(-n2cnc3ccccc32)c(C(C)C)c(=O)[nH]c1=O.CCn1c(-n2ncc3ccccc32)c(C(C)C)c(=O)[nH]c1=O. The van der Waals surface area contributed by atoms with Crippen molar-refractivity contribution in [3.63, 3.8) is 0 Å². The topological polar surface area (TPSA) is 351 Å². The molecule has 0 saturated carbocycles. The summed E-state index contributed by atoms with van der Waals surface area (Å²) in [6, 6.07) is 27.1. The number of imidazole rings is 2. The molecule has 13 rings (SSSR count). The van der Waals surface area contributed by atoms with Gasteiger partial charge in [-0.3, -0.25) is 80.9 Å². The van der Waals surface area contributed by atoms with Crippen molar-refractivity contribution in [2.24, 2.45) is 0 Å². The zero-order valence-corrected chi connectivity index (χ0v) is 60.0. The molecule has 10 heterocycles. The van der Waals surface area contributed by atoms with Gasteiger partial charge in [-0.15, -0.1) is 0 Å². The first-order valence-electron chi connectivity index (χ1n) is 34.0. The van der Waals surface area contributed by atoms with Gasteiger partial charge in [-0.1, -0.05) is 118 Å². The molecule has 3 aromatic carbocycles. The minimum Gasteiger partial charge on any atom is -0.302 e. The van der Waals surface area contributed by atoms with Gasteiger partial charge in [0.15, 0.2) is 0 Å². The van der Waals surface area contributed by atoms with Crippen molar-refractivity contribution in [2.45, 2.75) is 166 Å². The molecular weight excluding hydrogens is 1300 g/mol. The summed E-state index contributed by atoms with van der Waals surface area (Å²) in [7, 11) is 0. The molecule has 0 aliphatic heterocycles. The van der Waals surface area contributed by atoms with Crippen LogP contribution in [0.25, 0.3) is 61.9 Å². The highest BCUT2D eigenvalue weighted by Crippen LogP contribution is 2.27. The molecular formula is C73H87N19O10. The monoisotopic (exact) mass is 1390 g/mol. The Labute approximate surface area is 583 Å². The number of nitrogens with zero attached hydrogens (tertiary/aromatic N) is 14. The van der Waals surface area contributed by atoms with E-state index in [-0.39, 0.29) is 63.1 Å². The van der Waals surface area contributed by atoms with Crippen LogP contribution < -0.4 is 56.2 Å². The number of hydrogen-bond donors (Lipinski definition) is 5. The van der Waals surface area contributed by atoms with E-state index in [0.717, 1.165) is 32.8 Å². The van der Waals surface area contributed by atoms with Crippen molar-refractivity contribution >= 4 is 32.8 Å². The maximum Gasteiger partial charge on any atom is 0.329 e. The van der Waals surface area contributed by atoms with Crippen LogP contribution in [0.1, 0.15) is 161 Å². The average Bonchev–Trinajstić information content (AvgIpc) is 1.49. The van der Waals surface area contributed by atoms with Crippen LogP contribution in [0, 0.1) is 0 Å². The number of H-pyrrole nitrogens is 5. The van der Waals surface area contributed by atoms with Gasteiger partial charge in [0, 0.05) is 69.1 Å². The number of hydrogen-bond acceptors (Lipinski definition) is 14. The van der Waals surface area contributed by atoms with Gasteiger partial charge in [0.2, 0.25) is 0 Å². The van der Waals surface area contributed by atoms with Crippen LogP contribution in [0.2, 0.25) is 0 Å². The quantitative estimate of drug-likeness (QED) is 0.0643. The lowest BCUT2D eigenvalue weighted by atomic mass is 10.1. The third-order valence-corrected chi connectivity index (χ3v) is 17.2. The molecule has 29 nitrogen and oxygen atoms in total. The van der Waals surface area contributed by atoms with E-state index in [1.165, 1.54) is 4.57 Å². The predicted octanol–water partition coefficient (Wildman–Crippen LogP) is 8.39. The molecule has 29 heteroatoms. The van der Waals surface area contributed by atoms with Crippen molar-refractivity contribution in [2.75, 3.05) is 0 Å². The zero-order valence-electron chi connectivity index (χ0n) is 60.0. The van der Waals surface area contributed by atoms with Crippen LogP contribution in [-0.4, -0.2) is 91.0 Å². The third kappa shape index (κ3) is 14.8.